The van der Waals surface area contributed by atoms with Gasteiger partial charge in [0.15, 0.2) is 4.30 Å². The van der Waals surface area contributed by atoms with Crippen molar-refractivity contribution in [2.24, 2.45) is 5.92 Å². The molecule has 0 heterocycles. The van der Waals surface area contributed by atoms with Gasteiger partial charge < -0.3 is 5.11 Å². The Balaban J connectivity index is 0.000000261. The molecule has 0 amide bonds. The molecular weight excluding hydrogens is 218 g/mol. The van der Waals surface area contributed by atoms with Crippen LogP contribution in [0.4, 0.5) is 0 Å². The van der Waals surface area contributed by atoms with E-state index in [1.807, 2.05) is 0 Å². The highest BCUT2D eigenvalue weighted by Gasteiger charge is 2.10. The third kappa shape index (κ3) is 8.92. The van der Waals surface area contributed by atoms with E-state index in [0.29, 0.717) is 12.5 Å². The Kier molecular flexibility index (Phi) is 9.01. The molecular formula is C8H15Cl3O. The lowest BCUT2D eigenvalue weighted by Crippen LogP contribution is -2.09. The predicted octanol–water partition coefficient (Wildman–Crippen LogP) is 3.55. The van der Waals surface area contributed by atoms with Crippen molar-refractivity contribution >= 4 is 34.8 Å². The monoisotopic (exact) mass is 232 g/mol. The molecule has 0 spiro atoms. The summed E-state index contributed by atoms with van der Waals surface area (Å²) in [4.78, 5) is 0. The topological polar surface area (TPSA) is 20.2 Å². The van der Waals surface area contributed by atoms with E-state index >= 15 is 0 Å². The molecule has 1 fully saturated rings. The molecule has 12 heavy (non-hydrogen) atoms. The quantitative estimate of drug-likeness (QED) is 0.687. The number of hydrogen-bond donors (Lipinski definition) is 1. The zero-order valence-electron chi connectivity index (χ0n) is 6.98. The van der Waals surface area contributed by atoms with Gasteiger partial charge >= 0.3 is 0 Å². The molecule has 0 saturated heterocycles. The third-order valence-corrected chi connectivity index (χ3v) is 1.98. The molecule has 1 aliphatic carbocycles. The third-order valence-electron chi connectivity index (χ3n) is 1.98. The molecule has 0 aromatic carbocycles. The van der Waals surface area contributed by atoms with Gasteiger partial charge in [-0.05, 0) is 18.8 Å². The maximum atomic E-state index is 8.69. The summed E-state index contributed by atoms with van der Waals surface area (Å²) < 4.78 is -0.750. The zero-order valence-corrected chi connectivity index (χ0v) is 9.25. The van der Waals surface area contributed by atoms with Gasteiger partial charge in [-0.3, -0.25) is 0 Å². The fraction of sp³-hybridized carbons (Fsp3) is 1.00. The molecule has 0 aromatic rings. The molecule has 1 N–H and O–H groups in total. The molecule has 0 bridgehead atoms. The van der Waals surface area contributed by atoms with Crippen LogP contribution in [-0.4, -0.2) is 16.0 Å². The molecule has 0 aliphatic heterocycles. The predicted molar refractivity (Wildman–Crippen MR) is 55.0 cm³/mol. The lowest BCUT2D eigenvalue weighted by atomic mass is 9.90. The van der Waals surface area contributed by atoms with Gasteiger partial charge in [-0.15, -0.1) is 0 Å². The minimum Gasteiger partial charge on any atom is -0.396 e. The van der Waals surface area contributed by atoms with Crippen LogP contribution in [0.25, 0.3) is 0 Å². The standard InChI is InChI=1S/C7H14O.CHCl3/c8-6-7-4-2-1-3-5-7;2-1(3)4/h7-8H,1-6H2;1H. The van der Waals surface area contributed by atoms with Gasteiger partial charge in [0.25, 0.3) is 0 Å². The van der Waals surface area contributed by atoms with Crippen LogP contribution >= 0.6 is 34.8 Å². The van der Waals surface area contributed by atoms with Crippen molar-refractivity contribution in [3.8, 4) is 0 Å². The van der Waals surface area contributed by atoms with Crippen LogP contribution in [0.2, 0.25) is 0 Å². The van der Waals surface area contributed by atoms with Gasteiger partial charge in [0.1, 0.15) is 0 Å². The van der Waals surface area contributed by atoms with Crippen molar-refractivity contribution in [2.45, 2.75) is 36.4 Å². The van der Waals surface area contributed by atoms with E-state index in [2.05, 4.69) is 0 Å². The molecule has 0 atom stereocenters. The number of alkyl halides is 3. The first-order valence-corrected chi connectivity index (χ1v) is 5.50. The van der Waals surface area contributed by atoms with Gasteiger partial charge in [-0.25, -0.2) is 0 Å². The second-order valence-corrected chi connectivity index (χ2v) is 4.91. The fourth-order valence-corrected chi connectivity index (χ4v) is 1.37. The van der Waals surface area contributed by atoms with Crippen LogP contribution in [0.15, 0.2) is 0 Å². The van der Waals surface area contributed by atoms with Crippen molar-refractivity contribution in [1.82, 2.24) is 0 Å². The minimum absolute atomic E-state index is 0.417. The van der Waals surface area contributed by atoms with Crippen molar-refractivity contribution in [3.05, 3.63) is 0 Å². The normalized spacial score (nSPS) is 18.8. The average Bonchev–Trinajstić information content (AvgIpc) is 2.05. The Hall–Kier alpha value is 0.830. The molecule has 0 aromatic heterocycles. The molecule has 1 nitrogen and oxygen atoms in total. The zero-order chi connectivity index (χ0) is 9.40. The Morgan fingerprint density at radius 3 is 1.75 bits per heavy atom. The van der Waals surface area contributed by atoms with E-state index in [1.165, 1.54) is 32.1 Å². The number of hydrogen-bond acceptors (Lipinski definition) is 1. The van der Waals surface area contributed by atoms with Crippen LogP contribution in [0.5, 0.6) is 0 Å². The summed E-state index contributed by atoms with van der Waals surface area (Å²) in [5, 5.41) is 8.69. The minimum atomic E-state index is -0.750. The Morgan fingerprint density at radius 2 is 1.50 bits per heavy atom. The molecule has 0 unspecified atom stereocenters. The first kappa shape index (κ1) is 12.8. The van der Waals surface area contributed by atoms with Gasteiger partial charge in [0.2, 0.25) is 0 Å². The fourth-order valence-electron chi connectivity index (χ4n) is 1.37. The molecule has 1 aliphatic rings. The Labute approximate surface area is 89.0 Å². The van der Waals surface area contributed by atoms with Gasteiger partial charge in [-0.2, -0.15) is 0 Å². The van der Waals surface area contributed by atoms with Gasteiger partial charge in [0, 0.05) is 6.61 Å². The van der Waals surface area contributed by atoms with Gasteiger partial charge in [0.05, 0.1) is 0 Å². The summed E-state index contributed by atoms with van der Waals surface area (Å²) in [5.74, 6) is 0.642. The number of rotatable bonds is 1. The first-order chi connectivity index (χ1) is 5.66. The number of halogens is 3. The summed E-state index contributed by atoms with van der Waals surface area (Å²) in [7, 11) is 0. The lowest BCUT2D eigenvalue weighted by Gasteiger charge is -2.18. The van der Waals surface area contributed by atoms with Crippen molar-refractivity contribution < 1.29 is 5.11 Å². The highest BCUT2D eigenvalue weighted by molar-refractivity contribution is 6.63. The summed E-state index contributed by atoms with van der Waals surface area (Å²) in [6.45, 7) is 0.417. The van der Waals surface area contributed by atoms with Crippen LogP contribution in [0.3, 0.4) is 0 Å². The Bertz CT molecular complexity index is 89.5. The van der Waals surface area contributed by atoms with Crippen LogP contribution < -0.4 is 0 Å². The van der Waals surface area contributed by atoms with E-state index in [-0.39, 0.29) is 0 Å². The number of aliphatic hydroxyl groups is 1. The average molecular weight is 234 g/mol. The van der Waals surface area contributed by atoms with E-state index in [0.717, 1.165) is 0 Å². The number of aliphatic hydroxyl groups excluding tert-OH is 1. The van der Waals surface area contributed by atoms with Crippen LogP contribution in [0, 0.1) is 5.92 Å². The second kappa shape index (κ2) is 8.43. The molecule has 0 radical (unpaired) electrons. The highest BCUT2D eigenvalue weighted by Crippen LogP contribution is 2.22. The maximum absolute atomic E-state index is 8.69. The summed E-state index contributed by atoms with van der Waals surface area (Å²) in [6, 6.07) is 0. The SMILES string of the molecule is ClC(Cl)Cl.OCC1CCCCC1. The van der Waals surface area contributed by atoms with Crippen molar-refractivity contribution in [3.63, 3.8) is 0 Å². The van der Waals surface area contributed by atoms with E-state index in [4.69, 9.17) is 39.9 Å². The molecule has 74 valence electrons. The smallest absolute Gasteiger partial charge is 0.180 e. The van der Waals surface area contributed by atoms with E-state index in [9.17, 15) is 0 Å². The summed E-state index contributed by atoms with van der Waals surface area (Å²) in [5.41, 5.74) is 0. The summed E-state index contributed by atoms with van der Waals surface area (Å²) in [6.07, 6.45) is 6.58. The van der Waals surface area contributed by atoms with Crippen LogP contribution in [-0.2, 0) is 0 Å². The highest BCUT2D eigenvalue weighted by atomic mass is 35.6. The second-order valence-electron chi connectivity index (χ2n) is 2.93. The molecule has 4 heteroatoms. The molecule has 1 rings (SSSR count). The van der Waals surface area contributed by atoms with Gasteiger partial charge in [-0.1, -0.05) is 54.1 Å². The van der Waals surface area contributed by atoms with Crippen LogP contribution in [0.1, 0.15) is 32.1 Å². The molecule has 1 saturated carbocycles. The Morgan fingerprint density at radius 1 is 1.08 bits per heavy atom. The van der Waals surface area contributed by atoms with Crippen molar-refractivity contribution in [2.75, 3.05) is 6.61 Å². The first-order valence-electron chi connectivity index (χ1n) is 4.20. The lowest BCUT2D eigenvalue weighted by molar-refractivity contribution is 0.190. The van der Waals surface area contributed by atoms with E-state index in [1.54, 1.807) is 0 Å². The maximum Gasteiger partial charge on any atom is 0.180 e. The largest absolute Gasteiger partial charge is 0.396 e. The van der Waals surface area contributed by atoms with E-state index < -0.39 is 4.30 Å². The summed E-state index contributed by atoms with van der Waals surface area (Å²) >= 11 is 14.4. The van der Waals surface area contributed by atoms with Crippen molar-refractivity contribution in [1.29, 1.82) is 0 Å².